The molecule has 0 nitrogen and oxygen atoms in total. The summed E-state index contributed by atoms with van der Waals surface area (Å²) in [6, 6.07) is 0. The molecule has 3 atom stereocenters. The summed E-state index contributed by atoms with van der Waals surface area (Å²) in [4.78, 5) is 0. The van der Waals surface area contributed by atoms with E-state index in [1.54, 1.807) is 5.57 Å². The molecule has 0 radical (unpaired) electrons. The number of rotatable bonds is 0. The molecule has 2 saturated carbocycles. The number of halogens is 1. The van der Waals surface area contributed by atoms with Crippen LogP contribution >= 0.6 is 15.9 Å². The Hall–Kier alpha value is 0.220. The first-order chi connectivity index (χ1) is 5.57. The summed E-state index contributed by atoms with van der Waals surface area (Å²) in [6.07, 6.45) is 9.53. The molecule has 66 valence electrons. The second-order valence-corrected chi connectivity index (χ2v) is 7.17. The molecule has 2 fully saturated rings. The van der Waals surface area contributed by atoms with E-state index in [0.29, 0.717) is 9.74 Å². The number of allylic oxidation sites excluding steroid dienone is 2. The van der Waals surface area contributed by atoms with Crippen molar-refractivity contribution in [3.8, 4) is 0 Å². The lowest BCUT2D eigenvalue weighted by molar-refractivity contribution is 0.103. The Bertz CT molecular complexity index is 246. The predicted molar refractivity (Wildman–Crippen MR) is 54.4 cm³/mol. The minimum atomic E-state index is 0.507. The van der Waals surface area contributed by atoms with Crippen LogP contribution in [0.25, 0.3) is 0 Å². The van der Waals surface area contributed by atoms with Gasteiger partial charge in [-0.2, -0.15) is 0 Å². The van der Waals surface area contributed by atoms with Crippen LogP contribution in [-0.4, -0.2) is 4.32 Å². The maximum atomic E-state index is 3.95. The molecule has 0 aliphatic heterocycles. The Labute approximate surface area is 82.5 Å². The van der Waals surface area contributed by atoms with E-state index in [-0.39, 0.29) is 0 Å². The van der Waals surface area contributed by atoms with Crippen molar-refractivity contribution in [2.75, 3.05) is 0 Å². The van der Waals surface area contributed by atoms with Gasteiger partial charge in [0.15, 0.2) is 0 Å². The number of alkyl halides is 1. The van der Waals surface area contributed by atoms with E-state index in [4.69, 9.17) is 0 Å². The highest BCUT2D eigenvalue weighted by Gasteiger charge is 2.51. The molecule has 0 heterocycles. The van der Waals surface area contributed by atoms with Crippen molar-refractivity contribution >= 4 is 15.9 Å². The Morgan fingerprint density at radius 3 is 2.83 bits per heavy atom. The van der Waals surface area contributed by atoms with Crippen LogP contribution in [-0.2, 0) is 0 Å². The first-order valence-electron chi connectivity index (χ1n) is 4.96. The van der Waals surface area contributed by atoms with Gasteiger partial charge in [-0.15, -0.1) is 0 Å². The molecule has 1 heteroatoms. The summed E-state index contributed by atoms with van der Waals surface area (Å²) in [6.45, 7) is 2.47. The second-order valence-electron chi connectivity index (χ2n) is 5.49. The highest BCUT2D eigenvalue weighted by Crippen LogP contribution is 2.61. The molecule has 4 rings (SSSR count). The van der Waals surface area contributed by atoms with E-state index in [2.05, 4.69) is 28.9 Å². The average Bonchev–Trinajstić information content (AvgIpc) is 1.75. The predicted octanol–water partition coefficient (Wildman–Crippen LogP) is 3.66. The van der Waals surface area contributed by atoms with Crippen LogP contribution < -0.4 is 0 Å². The highest BCUT2D eigenvalue weighted by atomic mass is 79.9. The molecule has 0 N–H and O–H groups in total. The Morgan fingerprint density at radius 2 is 2.25 bits per heavy atom. The molecular weight excluding hydrogens is 212 g/mol. The monoisotopic (exact) mass is 226 g/mol. The molecule has 4 aliphatic rings. The van der Waals surface area contributed by atoms with E-state index in [1.165, 1.54) is 32.1 Å². The fourth-order valence-corrected chi connectivity index (χ4v) is 5.39. The summed E-state index contributed by atoms with van der Waals surface area (Å²) in [5, 5.41) is 0. The minimum Gasteiger partial charge on any atom is -0.0849 e. The third-order valence-corrected chi connectivity index (χ3v) is 4.68. The molecule has 0 spiro atoms. The molecule has 0 aromatic rings. The van der Waals surface area contributed by atoms with Crippen molar-refractivity contribution in [3.05, 3.63) is 11.6 Å². The van der Waals surface area contributed by atoms with Gasteiger partial charge in [-0.05, 0) is 43.4 Å². The first-order valence-corrected chi connectivity index (χ1v) is 5.75. The zero-order valence-corrected chi connectivity index (χ0v) is 9.15. The van der Waals surface area contributed by atoms with Gasteiger partial charge in [0, 0.05) is 4.32 Å². The summed E-state index contributed by atoms with van der Waals surface area (Å²) < 4.78 is 0.507. The molecule has 12 heavy (non-hydrogen) atoms. The molecule has 0 amide bonds. The molecular formula is C11H15Br. The van der Waals surface area contributed by atoms with Crippen LogP contribution in [0.3, 0.4) is 0 Å². The Balaban J connectivity index is 2.09. The van der Waals surface area contributed by atoms with Crippen molar-refractivity contribution in [2.24, 2.45) is 11.3 Å². The van der Waals surface area contributed by atoms with E-state index >= 15 is 0 Å². The van der Waals surface area contributed by atoms with Gasteiger partial charge in [0.05, 0.1) is 0 Å². The van der Waals surface area contributed by atoms with Gasteiger partial charge in [-0.1, -0.05) is 34.5 Å². The van der Waals surface area contributed by atoms with Crippen molar-refractivity contribution in [3.63, 3.8) is 0 Å². The van der Waals surface area contributed by atoms with Crippen LogP contribution in [0.5, 0.6) is 0 Å². The standard InChI is InChI=1S/C11H15Br/c1-10-3-8-2-9(4-10)6-11(12,5-8)7-10/h2,8H,3-7H2,1H3. The van der Waals surface area contributed by atoms with Crippen molar-refractivity contribution < 1.29 is 0 Å². The van der Waals surface area contributed by atoms with Gasteiger partial charge in [0.25, 0.3) is 0 Å². The van der Waals surface area contributed by atoms with Crippen LogP contribution in [0.1, 0.15) is 39.0 Å². The van der Waals surface area contributed by atoms with E-state index in [1.807, 2.05) is 0 Å². The van der Waals surface area contributed by atoms with Gasteiger partial charge in [0.2, 0.25) is 0 Å². The zero-order valence-electron chi connectivity index (χ0n) is 7.57. The summed E-state index contributed by atoms with van der Waals surface area (Å²) in [5.41, 5.74) is 2.39. The normalized spacial score (nSPS) is 55.8. The zero-order chi connectivity index (χ0) is 8.40. The fourth-order valence-electron chi connectivity index (χ4n) is 3.94. The van der Waals surface area contributed by atoms with Gasteiger partial charge < -0.3 is 0 Å². The smallest absolute Gasteiger partial charge is 0.0305 e. The van der Waals surface area contributed by atoms with E-state index < -0.39 is 0 Å². The quantitative estimate of drug-likeness (QED) is 0.437. The van der Waals surface area contributed by atoms with Crippen LogP contribution in [0.2, 0.25) is 0 Å². The minimum absolute atomic E-state index is 0.507. The lowest BCUT2D eigenvalue weighted by Gasteiger charge is -2.55. The topological polar surface area (TPSA) is 0 Å². The van der Waals surface area contributed by atoms with Crippen molar-refractivity contribution in [1.82, 2.24) is 0 Å². The lowest BCUT2D eigenvalue weighted by Crippen LogP contribution is -2.47. The molecule has 4 bridgehead atoms. The Kier molecular flexibility index (Phi) is 1.27. The molecule has 3 unspecified atom stereocenters. The molecule has 0 saturated heterocycles. The average molecular weight is 227 g/mol. The maximum Gasteiger partial charge on any atom is 0.0305 e. The first kappa shape index (κ1) is 7.61. The lowest BCUT2D eigenvalue weighted by atomic mass is 9.54. The van der Waals surface area contributed by atoms with Crippen LogP contribution in [0, 0.1) is 11.3 Å². The highest BCUT2D eigenvalue weighted by molar-refractivity contribution is 9.10. The third-order valence-electron chi connectivity index (χ3n) is 3.80. The number of hydrogen-bond donors (Lipinski definition) is 0. The fraction of sp³-hybridized carbons (Fsp3) is 0.818. The van der Waals surface area contributed by atoms with Gasteiger partial charge in [0.1, 0.15) is 0 Å². The maximum absolute atomic E-state index is 3.95. The van der Waals surface area contributed by atoms with E-state index in [0.717, 1.165) is 5.92 Å². The third kappa shape index (κ3) is 0.951. The largest absolute Gasteiger partial charge is 0.0849 e. The van der Waals surface area contributed by atoms with Crippen molar-refractivity contribution in [2.45, 2.75) is 43.4 Å². The summed E-state index contributed by atoms with van der Waals surface area (Å²) >= 11 is 3.95. The van der Waals surface area contributed by atoms with Crippen molar-refractivity contribution in [1.29, 1.82) is 0 Å². The number of hydrogen-bond acceptors (Lipinski definition) is 0. The summed E-state index contributed by atoms with van der Waals surface area (Å²) in [5.74, 6) is 0.903. The Morgan fingerprint density at radius 1 is 1.42 bits per heavy atom. The molecule has 4 aliphatic carbocycles. The molecule has 0 aromatic carbocycles. The SMILES string of the molecule is CC12CC3=CC(C1)CC(Br)(C3)C2. The van der Waals surface area contributed by atoms with Gasteiger partial charge in [-0.3, -0.25) is 0 Å². The second kappa shape index (κ2) is 2.00. The van der Waals surface area contributed by atoms with E-state index in [9.17, 15) is 0 Å². The van der Waals surface area contributed by atoms with Crippen LogP contribution in [0.4, 0.5) is 0 Å². The molecule has 0 aromatic heterocycles. The van der Waals surface area contributed by atoms with Gasteiger partial charge in [-0.25, -0.2) is 0 Å². The van der Waals surface area contributed by atoms with Crippen LogP contribution in [0.15, 0.2) is 11.6 Å². The van der Waals surface area contributed by atoms with Gasteiger partial charge >= 0.3 is 0 Å². The summed E-state index contributed by atoms with van der Waals surface area (Å²) in [7, 11) is 0.